The predicted octanol–water partition coefficient (Wildman–Crippen LogP) is 5.07. The molecule has 1 aromatic rings. The number of benzene rings is 1. The molecule has 2 aliphatic rings. The minimum absolute atomic E-state index is 0.0472. The molecule has 1 unspecified atom stereocenters. The first-order chi connectivity index (χ1) is 15.3. The van der Waals surface area contributed by atoms with Crippen molar-refractivity contribution in [1.29, 1.82) is 0 Å². The summed E-state index contributed by atoms with van der Waals surface area (Å²) in [4.78, 5) is 0.199. The molecular formula is C25H36O6S. The van der Waals surface area contributed by atoms with E-state index in [4.69, 9.17) is 18.4 Å². The number of aryl methyl sites for hydroxylation is 1. The normalized spacial score (nSPS) is 24.5. The summed E-state index contributed by atoms with van der Waals surface area (Å²) in [5, 5.41) is 0. The Balaban J connectivity index is 1.34. The second kappa shape index (κ2) is 12.1. The van der Waals surface area contributed by atoms with Crippen LogP contribution in [0.5, 0.6) is 0 Å². The molecule has 0 spiro atoms. The Morgan fingerprint density at radius 2 is 1.94 bits per heavy atom. The Hall–Kier alpha value is -1.51. The molecule has 3 atom stereocenters. The lowest BCUT2D eigenvalue weighted by molar-refractivity contribution is -0.156. The maximum Gasteiger partial charge on any atom is 0.296 e. The number of hydrogen-bond donors (Lipinski definition) is 0. The van der Waals surface area contributed by atoms with Gasteiger partial charge in [0, 0.05) is 6.61 Å². The second-order valence-corrected chi connectivity index (χ2v) is 10.3. The highest BCUT2D eigenvalue weighted by Crippen LogP contribution is 2.25. The predicted molar refractivity (Wildman–Crippen MR) is 124 cm³/mol. The molecule has 0 aromatic heterocycles. The average molecular weight is 465 g/mol. The molecule has 0 saturated carbocycles. The molecule has 7 heteroatoms. The lowest BCUT2D eigenvalue weighted by Gasteiger charge is -2.23. The SMILES string of the molecule is CC1=C[C@@H](/C=C(\C)COC2CCCCO2)O[C@@H]1CCCCOS(=O)(=O)c1ccc(C)cc1. The van der Waals surface area contributed by atoms with Gasteiger partial charge in [-0.2, -0.15) is 8.42 Å². The van der Waals surface area contributed by atoms with Crippen molar-refractivity contribution < 1.29 is 26.8 Å². The van der Waals surface area contributed by atoms with Gasteiger partial charge in [0.15, 0.2) is 6.29 Å². The Morgan fingerprint density at radius 3 is 2.66 bits per heavy atom. The third-order valence-electron chi connectivity index (χ3n) is 5.75. The van der Waals surface area contributed by atoms with Crippen LogP contribution in [-0.4, -0.2) is 46.7 Å². The topological polar surface area (TPSA) is 71.1 Å². The van der Waals surface area contributed by atoms with Crippen molar-refractivity contribution in [3.63, 3.8) is 0 Å². The van der Waals surface area contributed by atoms with Crippen molar-refractivity contribution in [3.8, 4) is 0 Å². The van der Waals surface area contributed by atoms with Gasteiger partial charge >= 0.3 is 0 Å². The largest absolute Gasteiger partial charge is 0.362 e. The summed E-state index contributed by atoms with van der Waals surface area (Å²) in [6, 6.07) is 6.69. The van der Waals surface area contributed by atoms with E-state index in [1.54, 1.807) is 24.3 Å². The van der Waals surface area contributed by atoms with Gasteiger partial charge in [-0.15, -0.1) is 0 Å². The zero-order chi connectivity index (χ0) is 23.0. The molecule has 0 N–H and O–H groups in total. The van der Waals surface area contributed by atoms with Crippen LogP contribution in [0.4, 0.5) is 0 Å². The van der Waals surface area contributed by atoms with E-state index in [2.05, 4.69) is 26.0 Å². The first-order valence-corrected chi connectivity index (χ1v) is 12.9. The van der Waals surface area contributed by atoms with Crippen LogP contribution in [0.25, 0.3) is 0 Å². The summed E-state index contributed by atoms with van der Waals surface area (Å²) in [6.45, 7) is 7.56. The van der Waals surface area contributed by atoms with Crippen LogP contribution in [0, 0.1) is 6.92 Å². The van der Waals surface area contributed by atoms with Gasteiger partial charge in [0.2, 0.25) is 0 Å². The van der Waals surface area contributed by atoms with E-state index in [0.29, 0.717) is 13.0 Å². The quantitative estimate of drug-likeness (QED) is 0.259. The molecule has 2 heterocycles. The molecule has 2 aliphatic heterocycles. The van der Waals surface area contributed by atoms with Gasteiger partial charge in [0.1, 0.15) is 0 Å². The summed E-state index contributed by atoms with van der Waals surface area (Å²) in [7, 11) is -3.69. The number of hydrogen-bond acceptors (Lipinski definition) is 6. The zero-order valence-electron chi connectivity index (χ0n) is 19.4. The monoisotopic (exact) mass is 464 g/mol. The first-order valence-electron chi connectivity index (χ1n) is 11.5. The standard InChI is InChI=1S/C25H36O6S/c1-19-10-12-23(13-11-19)32(26,27)30-15-7-4-8-24-21(3)17-22(31-24)16-20(2)18-29-25-9-5-6-14-28-25/h10-13,16-17,22,24-25H,4-9,14-15,18H2,1-3H3/b20-16+/t22-,24-,25?/m1/s1. The molecule has 6 nitrogen and oxygen atoms in total. The van der Waals surface area contributed by atoms with Gasteiger partial charge in [-0.3, -0.25) is 4.18 Å². The van der Waals surface area contributed by atoms with Crippen molar-refractivity contribution in [2.24, 2.45) is 0 Å². The maximum atomic E-state index is 12.2. The highest BCUT2D eigenvalue weighted by molar-refractivity contribution is 7.86. The highest BCUT2D eigenvalue weighted by Gasteiger charge is 2.23. The van der Waals surface area contributed by atoms with E-state index in [1.165, 1.54) is 5.57 Å². The fraction of sp³-hybridized carbons (Fsp3) is 0.600. The van der Waals surface area contributed by atoms with Crippen LogP contribution >= 0.6 is 0 Å². The van der Waals surface area contributed by atoms with Crippen LogP contribution in [0.1, 0.15) is 57.9 Å². The summed E-state index contributed by atoms with van der Waals surface area (Å²) < 4.78 is 47.2. The van der Waals surface area contributed by atoms with Gasteiger partial charge in [-0.05, 0) is 82.6 Å². The molecule has 1 fully saturated rings. The summed E-state index contributed by atoms with van der Waals surface area (Å²) >= 11 is 0. The highest BCUT2D eigenvalue weighted by atomic mass is 32.2. The van der Waals surface area contributed by atoms with Crippen molar-refractivity contribution in [1.82, 2.24) is 0 Å². The molecule has 32 heavy (non-hydrogen) atoms. The fourth-order valence-electron chi connectivity index (χ4n) is 3.85. The molecule has 1 saturated heterocycles. The number of unbranched alkanes of at least 4 members (excludes halogenated alkanes) is 1. The fourth-order valence-corrected chi connectivity index (χ4v) is 4.80. The van der Waals surface area contributed by atoms with Gasteiger partial charge in [0.05, 0.1) is 30.3 Å². The molecule has 0 radical (unpaired) electrons. The van der Waals surface area contributed by atoms with Crippen LogP contribution in [0.2, 0.25) is 0 Å². The Bertz CT molecular complexity index is 882. The van der Waals surface area contributed by atoms with E-state index < -0.39 is 10.1 Å². The second-order valence-electron chi connectivity index (χ2n) is 8.71. The lowest BCUT2D eigenvalue weighted by atomic mass is 10.1. The average Bonchev–Trinajstić information content (AvgIpc) is 3.11. The first kappa shape index (κ1) is 25.1. The van der Waals surface area contributed by atoms with Crippen molar-refractivity contribution in [3.05, 3.63) is 53.1 Å². The number of rotatable bonds is 11. The van der Waals surface area contributed by atoms with E-state index in [1.807, 2.05) is 6.92 Å². The van der Waals surface area contributed by atoms with E-state index in [0.717, 1.165) is 49.8 Å². The van der Waals surface area contributed by atoms with E-state index in [-0.39, 0.29) is 30.0 Å². The van der Waals surface area contributed by atoms with E-state index in [9.17, 15) is 8.42 Å². The molecule has 1 aromatic carbocycles. The lowest BCUT2D eigenvalue weighted by Crippen LogP contribution is -2.23. The molecule has 0 aliphatic carbocycles. The van der Waals surface area contributed by atoms with E-state index >= 15 is 0 Å². The molecule has 3 rings (SSSR count). The third kappa shape index (κ3) is 7.81. The molecule has 0 amide bonds. The molecule has 178 valence electrons. The van der Waals surface area contributed by atoms with Gasteiger partial charge < -0.3 is 14.2 Å². The third-order valence-corrected chi connectivity index (χ3v) is 7.08. The van der Waals surface area contributed by atoms with Gasteiger partial charge in [0.25, 0.3) is 10.1 Å². The Labute approximate surface area is 192 Å². The summed E-state index contributed by atoms with van der Waals surface area (Å²) in [5.74, 6) is 0. The minimum atomic E-state index is -3.69. The summed E-state index contributed by atoms with van der Waals surface area (Å²) in [6.07, 6.45) is 9.73. The van der Waals surface area contributed by atoms with Crippen LogP contribution in [0.3, 0.4) is 0 Å². The van der Waals surface area contributed by atoms with Crippen molar-refractivity contribution in [2.45, 2.75) is 82.7 Å². The number of ether oxygens (including phenoxy) is 3. The Kier molecular flexibility index (Phi) is 9.49. The minimum Gasteiger partial charge on any atom is -0.362 e. The van der Waals surface area contributed by atoms with Crippen LogP contribution < -0.4 is 0 Å². The zero-order valence-corrected chi connectivity index (χ0v) is 20.2. The van der Waals surface area contributed by atoms with Crippen molar-refractivity contribution in [2.75, 3.05) is 19.8 Å². The van der Waals surface area contributed by atoms with Crippen LogP contribution in [0.15, 0.2) is 52.5 Å². The molecule has 0 bridgehead atoms. The van der Waals surface area contributed by atoms with Crippen molar-refractivity contribution >= 4 is 10.1 Å². The Morgan fingerprint density at radius 1 is 1.16 bits per heavy atom. The molecular weight excluding hydrogens is 428 g/mol. The van der Waals surface area contributed by atoms with Gasteiger partial charge in [-0.1, -0.05) is 29.8 Å². The smallest absolute Gasteiger partial charge is 0.296 e. The van der Waals surface area contributed by atoms with Crippen LogP contribution in [-0.2, 0) is 28.5 Å². The summed E-state index contributed by atoms with van der Waals surface area (Å²) in [5.41, 5.74) is 3.35. The maximum absolute atomic E-state index is 12.2. The van der Waals surface area contributed by atoms with Gasteiger partial charge in [-0.25, -0.2) is 0 Å².